The monoisotopic (exact) mass is 314 g/mol. The molecule has 0 aromatic carbocycles. The molecule has 0 amide bonds. The zero-order valence-electron chi connectivity index (χ0n) is 4.06. The van der Waals surface area contributed by atoms with E-state index in [1.165, 1.54) is 0 Å². The van der Waals surface area contributed by atoms with Crippen LogP contribution in [-0.4, -0.2) is 66.4 Å². The van der Waals surface area contributed by atoms with Crippen molar-refractivity contribution in [3.8, 4) is 0 Å². The third kappa shape index (κ3) is 190. The molecule has 0 aromatic rings. The summed E-state index contributed by atoms with van der Waals surface area (Å²) in [6.45, 7) is 0. The molecule has 0 saturated heterocycles. The molecule has 0 aliphatic rings. The molecule has 0 atom stereocenters. The molecule has 9 heavy (non-hydrogen) atoms. The van der Waals surface area contributed by atoms with Gasteiger partial charge in [0.25, 0.3) is 0 Å². The summed E-state index contributed by atoms with van der Waals surface area (Å²) in [7, 11) is -5.17. The van der Waals surface area contributed by atoms with Crippen LogP contribution in [0.1, 0.15) is 0 Å². The SMILES string of the molecule is O=S(=O)([O-])[O-].[Ba+2].[O]=[Ti]=[O]. The van der Waals surface area contributed by atoms with Crippen molar-refractivity contribution >= 4 is 59.3 Å². The van der Waals surface area contributed by atoms with E-state index in [-0.39, 0.29) is 48.9 Å². The molecule has 0 spiro atoms. The van der Waals surface area contributed by atoms with Gasteiger partial charge in [-0.1, -0.05) is 0 Å². The molecular formula is BaO6STi. The summed E-state index contributed by atoms with van der Waals surface area (Å²) in [4.78, 5) is 0. The van der Waals surface area contributed by atoms with Gasteiger partial charge in [0.2, 0.25) is 0 Å². The molecule has 0 N–H and O–H groups in total. The van der Waals surface area contributed by atoms with Crippen LogP contribution in [0.25, 0.3) is 0 Å². The Balaban J connectivity index is -0.0000000800. The number of rotatable bonds is 0. The molecule has 0 bridgehead atoms. The Hall–Kier alpha value is 1.76. The van der Waals surface area contributed by atoms with Crippen LogP contribution in [-0.2, 0) is 36.1 Å². The van der Waals surface area contributed by atoms with Crippen LogP contribution in [0.5, 0.6) is 0 Å². The Morgan fingerprint density at radius 2 is 1.11 bits per heavy atom. The summed E-state index contributed by atoms with van der Waals surface area (Å²) < 4.78 is 51.1. The van der Waals surface area contributed by atoms with E-state index in [0.717, 1.165) is 0 Å². The summed E-state index contributed by atoms with van der Waals surface area (Å²) in [6, 6.07) is 0. The molecule has 0 aliphatic heterocycles. The van der Waals surface area contributed by atoms with Crippen LogP contribution >= 0.6 is 0 Å². The third-order valence-electron chi connectivity index (χ3n) is 0. The second-order valence-electron chi connectivity index (χ2n) is 0.492. The summed E-state index contributed by atoms with van der Waals surface area (Å²) in [5.41, 5.74) is 0. The molecule has 0 saturated carbocycles. The van der Waals surface area contributed by atoms with Crippen molar-refractivity contribution < 1.29 is 43.3 Å². The van der Waals surface area contributed by atoms with Gasteiger partial charge in [-0.2, -0.15) is 0 Å². The predicted octanol–water partition coefficient (Wildman–Crippen LogP) is -1.96. The van der Waals surface area contributed by atoms with Crippen molar-refractivity contribution in [3.63, 3.8) is 0 Å². The van der Waals surface area contributed by atoms with Crippen molar-refractivity contribution in [2.24, 2.45) is 0 Å². The minimum atomic E-state index is -5.17. The molecular weight excluding hydrogens is 313 g/mol. The van der Waals surface area contributed by atoms with E-state index in [0.29, 0.717) is 0 Å². The van der Waals surface area contributed by atoms with Gasteiger partial charge in [-0.15, -0.1) is 0 Å². The maximum atomic E-state index is 8.52. The Kier molecular flexibility index (Phi) is 18.4. The van der Waals surface area contributed by atoms with E-state index < -0.39 is 29.5 Å². The van der Waals surface area contributed by atoms with E-state index >= 15 is 0 Å². The minimum absolute atomic E-state index is 0. The van der Waals surface area contributed by atoms with E-state index in [1.807, 2.05) is 0 Å². The molecule has 6 nitrogen and oxygen atoms in total. The first-order valence-electron chi connectivity index (χ1n) is 1.07. The maximum absolute atomic E-state index is 8.52. The molecule has 0 radical (unpaired) electrons. The second-order valence-corrected chi connectivity index (χ2v) is 1.57. The summed E-state index contributed by atoms with van der Waals surface area (Å²) in [5.74, 6) is 0. The van der Waals surface area contributed by atoms with Crippen molar-refractivity contribution in [3.05, 3.63) is 0 Å². The molecule has 0 unspecified atom stereocenters. The fraction of sp³-hybridized carbons (Fsp3) is 0. The Morgan fingerprint density at radius 3 is 1.11 bits per heavy atom. The van der Waals surface area contributed by atoms with Crippen molar-refractivity contribution in [1.82, 2.24) is 0 Å². The number of hydrogen-bond donors (Lipinski definition) is 0. The first-order chi connectivity index (χ1) is 3.41. The quantitative estimate of drug-likeness (QED) is 0.291. The predicted molar refractivity (Wildman–Crippen MR) is 17.6 cm³/mol. The molecule has 0 aliphatic carbocycles. The van der Waals surface area contributed by atoms with Gasteiger partial charge in [0.1, 0.15) is 0 Å². The molecule has 0 aromatic heterocycles. The van der Waals surface area contributed by atoms with Crippen LogP contribution in [0.4, 0.5) is 0 Å². The van der Waals surface area contributed by atoms with Crippen LogP contribution in [0, 0.1) is 0 Å². The van der Waals surface area contributed by atoms with Crippen LogP contribution < -0.4 is 0 Å². The van der Waals surface area contributed by atoms with E-state index in [2.05, 4.69) is 0 Å². The van der Waals surface area contributed by atoms with E-state index in [4.69, 9.17) is 24.2 Å². The number of hydrogen-bond acceptors (Lipinski definition) is 6. The van der Waals surface area contributed by atoms with Gasteiger partial charge in [0.05, 0.1) is 0 Å². The Labute approximate surface area is 101 Å². The standard InChI is InChI=1S/Ba.H2O4S.2O.Ti/c;1-5(2,3)4;;;/h;(H2,1,2,3,4);;;/q+2;;;;/p-2. The van der Waals surface area contributed by atoms with Crippen molar-refractivity contribution in [2.45, 2.75) is 0 Å². The zero-order chi connectivity index (χ0) is 7.21. The van der Waals surface area contributed by atoms with Crippen molar-refractivity contribution in [1.29, 1.82) is 0 Å². The summed E-state index contributed by atoms with van der Waals surface area (Å²) in [5, 5.41) is 0. The Morgan fingerprint density at radius 1 is 1.11 bits per heavy atom. The normalized spacial score (nSPS) is 7.33. The van der Waals surface area contributed by atoms with Gasteiger partial charge >= 0.3 is 74.6 Å². The second kappa shape index (κ2) is 9.76. The average Bonchev–Trinajstić information content (AvgIpc) is 1.27. The molecule has 0 fully saturated rings. The fourth-order valence-corrected chi connectivity index (χ4v) is 0. The van der Waals surface area contributed by atoms with Gasteiger partial charge < -0.3 is 9.11 Å². The zero-order valence-corrected chi connectivity index (χ0v) is 10.9. The first kappa shape index (κ1) is 17.0. The van der Waals surface area contributed by atoms with Gasteiger partial charge in [0, 0.05) is 10.4 Å². The van der Waals surface area contributed by atoms with E-state index in [1.54, 1.807) is 0 Å². The molecule has 0 heterocycles. The van der Waals surface area contributed by atoms with Gasteiger partial charge in [0.15, 0.2) is 0 Å². The summed E-state index contributed by atoms with van der Waals surface area (Å²) >= 11 is -2.00. The molecule has 0 rings (SSSR count). The third-order valence-corrected chi connectivity index (χ3v) is 0. The van der Waals surface area contributed by atoms with Crippen LogP contribution in [0.15, 0.2) is 0 Å². The van der Waals surface area contributed by atoms with Gasteiger partial charge in [-0.05, 0) is 0 Å². The van der Waals surface area contributed by atoms with Crippen LogP contribution in [0.2, 0.25) is 0 Å². The fourth-order valence-electron chi connectivity index (χ4n) is 0. The van der Waals surface area contributed by atoms with E-state index in [9.17, 15) is 0 Å². The Bertz CT molecular complexity index is 153. The molecule has 9 heteroatoms. The first-order valence-corrected chi connectivity index (χ1v) is 3.68. The average molecular weight is 313 g/mol. The van der Waals surface area contributed by atoms with Gasteiger partial charge in [-0.25, -0.2) is 0 Å². The van der Waals surface area contributed by atoms with Gasteiger partial charge in [-0.3, -0.25) is 8.42 Å². The molecule has 48 valence electrons. The topological polar surface area (TPSA) is 114 Å². The summed E-state index contributed by atoms with van der Waals surface area (Å²) in [6.07, 6.45) is 0. The van der Waals surface area contributed by atoms with Crippen molar-refractivity contribution in [2.75, 3.05) is 0 Å². The van der Waals surface area contributed by atoms with Crippen LogP contribution in [0.3, 0.4) is 0 Å².